The topological polar surface area (TPSA) is 71.2 Å². The minimum Gasteiger partial charge on any atom is -0.467 e. The van der Waals surface area contributed by atoms with Crippen LogP contribution in [0.5, 0.6) is 0 Å². The number of rotatable bonds is 5. The summed E-state index contributed by atoms with van der Waals surface area (Å²) in [6.07, 6.45) is 2.43. The number of hydrogen-bond donors (Lipinski definition) is 2. The molecule has 112 valence electrons. The third-order valence-corrected chi connectivity index (χ3v) is 3.79. The Labute approximate surface area is 123 Å². The fourth-order valence-corrected chi connectivity index (χ4v) is 2.27. The van der Waals surface area contributed by atoms with E-state index < -0.39 is 12.0 Å². The van der Waals surface area contributed by atoms with Crippen LogP contribution in [0.2, 0.25) is 0 Å². The van der Waals surface area contributed by atoms with Gasteiger partial charge in [-0.1, -0.05) is 38.5 Å². The molecule has 0 aliphatic carbocycles. The Bertz CT molecular complexity index is 648. The summed E-state index contributed by atoms with van der Waals surface area (Å²) in [5, 5.41) is 3.62. The Hall–Kier alpha value is -2.30. The smallest absolute Gasteiger partial charge is 0.328 e. The number of fused-ring (bicyclic) bond motifs is 1. The average Bonchev–Trinajstić information content (AvgIpc) is 2.95. The van der Waals surface area contributed by atoms with E-state index in [-0.39, 0.29) is 11.8 Å². The van der Waals surface area contributed by atoms with Crippen molar-refractivity contribution in [1.82, 2.24) is 10.3 Å². The van der Waals surface area contributed by atoms with Crippen molar-refractivity contribution in [2.45, 2.75) is 26.3 Å². The van der Waals surface area contributed by atoms with Crippen molar-refractivity contribution < 1.29 is 14.3 Å². The minimum atomic E-state index is -0.638. The number of carbonyl (C=O) groups is 2. The fourth-order valence-electron chi connectivity index (χ4n) is 2.27. The van der Waals surface area contributed by atoms with Crippen LogP contribution < -0.4 is 5.32 Å². The first-order valence-corrected chi connectivity index (χ1v) is 7.03. The number of ether oxygens (including phenoxy) is 1. The number of nitrogens with one attached hydrogen (secondary N) is 2. The lowest BCUT2D eigenvalue weighted by Gasteiger charge is -2.21. The molecule has 1 amide bonds. The van der Waals surface area contributed by atoms with E-state index in [0.29, 0.717) is 5.56 Å². The summed E-state index contributed by atoms with van der Waals surface area (Å²) in [5.41, 5.74) is 1.42. The summed E-state index contributed by atoms with van der Waals surface area (Å²) in [5.74, 6) is -0.688. The first-order chi connectivity index (χ1) is 10.1. The van der Waals surface area contributed by atoms with Gasteiger partial charge in [-0.25, -0.2) is 4.79 Å². The van der Waals surface area contributed by atoms with Crippen LogP contribution in [0.3, 0.4) is 0 Å². The van der Waals surface area contributed by atoms with Gasteiger partial charge in [0.2, 0.25) is 0 Å². The highest BCUT2D eigenvalue weighted by atomic mass is 16.5. The third-order valence-electron chi connectivity index (χ3n) is 3.79. The van der Waals surface area contributed by atoms with Gasteiger partial charge in [-0.3, -0.25) is 4.79 Å². The molecule has 0 saturated carbocycles. The van der Waals surface area contributed by atoms with Crippen LogP contribution in [0.1, 0.15) is 30.6 Å². The molecule has 2 rings (SSSR count). The van der Waals surface area contributed by atoms with Gasteiger partial charge in [0.1, 0.15) is 6.04 Å². The van der Waals surface area contributed by atoms with E-state index in [4.69, 9.17) is 4.74 Å². The van der Waals surface area contributed by atoms with Crippen molar-refractivity contribution >= 4 is 22.8 Å². The summed E-state index contributed by atoms with van der Waals surface area (Å²) in [6.45, 7) is 3.88. The second kappa shape index (κ2) is 6.43. The normalized spacial score (nSPS) is 13.7. The number of H-pyrrole nitrogens is 1. The SMILES string of the molecule is CCC(C)C(NC(=O)c1c[nH]c2ccccc12)C(=O)OC. The van der Waals surface area contributed by atoms with Crippen molar-refractivity contribution in [1.29, 1.82) is 0 Å². The second-order valence-corrected chi connectivity index (χ2v) is 5.11. The number of amides is 1. The number of aromatic nitrogens is 1. The number of benzene rings is 1. The molecule has 0 spiro atoms. The van der Waals surface area contributed by atoms with Crippen LogP contribution in [0, 0.1) is 5.92 Å². The van der Waals surface area contributed by atoms with Gasteiger partial charge < -0.3 is 15.0 Å². The standard InChI is InChI=1S/C16H20N2O3/c1-4-10(2)14(16(20)21-3)18-15(19)12-9-17-13-8-6-5-7-11(12)13/h5-10,14,17H,4H2,1-3H3,(H,18,19). The van der Waals surface area contributed by atoms with Crippen molar-refractivity contribution in [2.24, 2.45) is 5.92 Å². The van der Waals surface area contributed by atoms with E-state index in [0.717, 1.165) is 17.3 Å². The molecular weight excluding hydrogens is 268 g/mol. The summed E-state index contributed by atoms with van der Waals surface area (Å²) < 4.78 is 4.78. The van der Waals surface area contributed by atoms with E-state index in [2.05, 4.69) is 10.3 Å². The molecule has 1 heterocycles. The van der Waals surface area contributed by atoms with Crippen molar-refractivity contribution in [2.75, 3.05) is 7.11 Å². The van der Waals surface area contributed by atoms with Crippen LogP contribution in [0.25, 0.3) is 10.9 Å². The lowest BCUT2D eigenvalue weighted by Crippen LogP contribution is -2.45. The predicted molar refractivity (Wildman–Crippen MR) is 81.0 cm³/mol. The molecule has 21 heavy (non-hydrogen) atoms. The molecule has 1 aromatic heterocycles. The Kier molecular flexibility index (Phi) is 4.62. The molecule has 0 saturated heterocycles. The molecule has 2 unspecified atom stereocenters. The van der Waals surface area contributed by atoms with Gasteiger partial charge in [0.25, 0.3) is 5.91 Å². The van der Waals surface area contributed by atoms with E-state index >= 15 is 0 Å². The van der Waals surface area contributed by atoms with Gasteiger partial charge in [-0.15, -0.1) is 0 Å². The molecule has 5 nitrogen and oxygen atoms in total. The number of hydrogen-bond acceptors (Lipinski definition) is 3. The first-order valence-electron chi connectivity index (χ1n) is 7.03. The highest BCUT2D eigenvalue weighted by Crippen LogP contribution is 2.18. The van der Waals surface area contributed by atoms with Gasteiger partial charge in [0.05, 0.1) is 12.7 Å². The number of methoxy groups -OCH3 is 1. The van der Waals surface area contributed by atoms with Crippen LogP contribution >= 0.6 is 0 Å². The van der Waals surface area contributed by atoms with Gasteiger partial charge in [0, 0.05) is 17.1 Å². The maximum atomic E-state index is 12.4. The van der Waals surface area contributed by atoms with Gasteiger partial charge in [0.15, 0.2) is 0 Å². The molecule has 0 radical (unpaired) electrons. The maximum Gasteiger partial charge on any atom is 0.328 e. The van der Waals surface area contributed by atoms with Crippen molar-refractivity contribution in [3.8, 4) is 0 Å². The third kappa shape index (κ3) is 3.07. The minimum absolute atomic E-state index is 0.00612. The zero-order valence-electron chi connectivity index (χ0n) is 12.5. The van der Waals surface area contributed by atoms with E-state index in [1.807, 2.05) is 38.1 Å². The van der Waals surface area contributed by atoms with Crippen molar-refractivity contribution in [3.63, 3.8) is 0 Å². The number of esters is 1. The van der Waals surface area contributed by atoms with Crippen LogP contribution in [-0.2, 0) is 9.53 Å². The number of aromatic amines is 1. The molecule has 1 aromatic carbocycles. The second-order valence-electron chi connectivity index (χ2n) is 5.11. The molecule has 0 aliphatic heterocycles. The highest BCUT2D eigenvalue weighted by Gasteiger charge is 2.27. The Morgan fingerprint density at radius 3 is 2.71 bits per heavy atom. The molecule has 2 N–H and O–H groups in total. The molecule has 2 aromatic rings. The Balaban J connectivity index is 2.24. The van der Waals surface area contributed by atoms with E-state index in [9.17, 15) is 9.59 Å². The highest BCUT2D eigenvalue weighted by molar-refractivity contribution is 6.07. The van der Waals surface area contributed by atoms with Gasteiger partial charge in [-0.05, 0) is 12.0 Å². The number of carbonyl (C=O) groups excluding carboxylic acids is 2. The lowest BCUT2D eigenvalue weighted by molar-refractivity contribution is -0.144. The maximum absolute atomic E-state index is 12.4. The summed E-state index contributed by atoms with van der Waals surface area (Å²) in [6, 6.07) is 6.91. The summed E-state index contributed by atoms with van der Waals surface area (Å²) in [4.78, 5) is 27.3. The summed E-state index contributed by atoms with van der Waals surface area (Å²) in [7, 11) is 1.33. The quantitative estimate of drug-likeness (QED) is 0.830. The average molecular weight is 288 g/mol. The molecule has 2 atom stereocenters. The molecular formula is C16H20N2O3. The van der Waals surface area contributed by atoms with Crippen LogP contribution in [0.15, 0.2) is 30.5 Å². The van der Waals surface area contributed by atoms with E-state index in [1.165, 1.54) is 7.11 Å². The first kappa shape index (κ1) is 15.1. The lowest BCUT2D eigenvalue weighted by atomic mass is 9.99. The molecule has 0 fully saturated rings. The van der Waals surface area contributed by atoms with E-state index in [1.54, 1.807) is 6.20 Å². The Morgan fingerprint density at radius 2 is 2.05 bits per heavy atom. The predicted octanol–water partition coefficient (Wildman–Crippen LogP) is 2.49. The zero-order valence-corrected chi connectivity index (χ0v) is 12.5. The zero-order chi connectivity index (χ0) is 15.4. The van der Waals surface area contributed by atoms with Gasteiger partial charge >= 0.3 is 5.97 Å². The largest absolute Gasteiger partial charge is 0.467 e. The molecule has 5 heteroatoms. The number of para-hydroxylation sites is 1. The fraction of sp³-hybridized carbons (Fsp3) is 0.375. The molecule has 0 aliphatic rings. The summed E-state index contributed by atoms with van der Waals surface area (Å²) >= 11 is 0. The van der Waals surface area contributed by atoms with Gasteiger partial charge in [-0.2, -0.15) is 0 Å². The van der Waals surface area contributed by atoms with Crippen LogP contribution in [0.4, 0.5) is 0 Å². The molecule has 0 bridgehead atoms. The van der Waals surface area contributed by atoms with Crippen LogP contribution in [-0.4, -0.2) is 30.0 Å². The monoisotopic (exact) mass is 288 g/mol. The van der Waals surface area contributed by atoms with Crippen molar-refractivity contribution in [3.05, 3.63) is 36.0 Å². The Morgan fingerprint density at radius 1 is 1.33 bits per heavy atom.